The van der Waals surface area contributed by atoms with Crippen LogP contribution in [-0.2, 0) is 15.9 Å². The first-order chi connectivity index (χ1) is 9.36. The highest BCUT2D eigenvalue weighted by atomic mass is 16.6. The van der Waals surface area contributed by atoms with Crippen molar-refractivity contribution in [2.45, 2.75) is 37.4 Å². The van der Waals surface area contributed by atoms with E-state index in [9.17, 15) is 0 Å². The largest absolute Gasteiger partial charge is 0.375 e. The van der Waals surface area contributed by atoms with E-state index in [0.29, 0.717) is 6.10 Å². The molecule has 1 spiro atoms. The average molecular weight is 261 g/mol. The molecule has 1 N–H and O–H groups in total. The van der Waals surface area contributed by atoms with Crippen molar-refractivity contribution in [2.75, 3.05) is 26.3 Å². The summed E-state index contributed by atoms with van der Waals surface area (Å²) in [7, 11) is 0. The van der Waals surface area contributed by atoms with Crippen LogP contribution in [0.1, 0.15) is 24.8 Å². The Labute approximate surface area is 115 Å². The third-order valence-electron chi connectivity index (χ3n) is 4.28. The number of hydrogen-bond acceptors (Lipinski definition) is 3. The molecule has 2 saturated heterocycles. The second-order valence-electron chi connectivity index (χ2n) is 5.68. The summed E-state index contributed by atoms with van der Waals surface area (Å²) in [6.07, 6.45) is 4.62. The van der Waals surface area contributed by atoms with Crippen molar-refractivity contribution < 1.29 is 9.47 Å². The van der Waals surface area contributed by atoms with E-state index >= 15 is 0 Å². The summed E-state index contributed by atoms with van der Waals surface area (Å²) in [6.45, 7) is 3.73. The fourth-order valence-electron chi connectivity index (χ4n) is 3.13. The van der Waals surface area contributed by atoms with Crippen LogP contribution in [0.3, 0.4) is 0 Å². The van der Waals surface area contributed by atoms with Crippen LogP contribution in [0.25, 0.3) is 0 Å². The molecule has 3 nitrogen and oxygen atoms in total. The van der Waals surface area contributed by atoms with Gasteiger partial charge in [0.25, 0.3) is 0 Å². The van der Waals surface area contributed by atoms with Gasteiger partial charge in [0, 0.05) is 6.42 Å². The molecule has 0 aromatic heterocycles. The topological polar surface area (TPSA) is 30.5 Å². The Balaban J connectivity index is 1.42. The summed E-state index contributed by atoms with van der Waals surface area (Å²) < 4.78 is 12.0. The van der Waals surface area contributed by atoms with Crippen LogP contribution in [0.15, 0.2) is 30.3 Å². The van der Waals surface area contributed by atoms with Gasteiger partial charge in [0.1, 0.15) is 0 Å². The highest BCUT2D eigenvalue weighted by molar-refractivity contribution is 5.14. The Kier molecular flexibility index (Phi) is 4.16. The van der Waals surface area contributed by atoms with E-state index in [2.05, 4.69) is 35.6 Å². The van der Waals surface area contributed by atoms with E-state index in [1.807, 2.05) is 0 Å². The fourth-order valence-corrected chi connectivity index (χ4v) is 3.13. The molecule has 19 heavy (non-hydrogen) atoms. The van der Waals surface area contributed by atoms with Gasteiger partial charge in [0.15, 0.2) is 0 Å². The summed E-state index contributed by atoms with van der Waals surface area (Å²) in [4.78, 5) is 0. The molecule has 1 aromatic carbocycles. The quantitative estimate of drug-likeness (QED) is 0.901. The molecule has 0 saturated carbocycles. The van der Waals surface area contributed by atoms with Crippen LogP contribution in [0.5, 0.6) is 0 Å². The van der Waals surface area contributed by atoms with Gasteiger partial charge in [-0.1, -0.05) is 30.3 Å². The lowest BCUT2D eigenvalue weighted by Crippen LogP contribution is -2.41. The molecule has 2 fully saturated rings. The summed E-state index contributed by atoms with van der Waals surface area (Å²) in [5.74, 6) is 0. The normalized spacial score (nSPS) is 25.8. The van der Waals surface area contributed by atoms with Crippen molar-refractivity contribution in [3.8, 4) is 0 Å². The van der Waals surface area contributed by atoms with Gasteiger partial charge >= 0.3 is 0 Å². The Hall–Kier alpha value is -0.900. The van der Waals surface area contributed by atoms with Gasteiger partial charge in [0.05, 0.1) is 24.9 Å². The Morgan fingerprint density at radius 1 is 1.21 bits per heavy atom. The van der Waals surface area contributed by atoms with Crippen LogP contribution in [-0.4, -0.2) is 38.0 Å². The van der Waals surface area contributed by atoms with Gasteiger partial charge in [-0.15, -0.1) is 0 Å². The van der Waals surface area contributed by atoms with Crippen LogP contribution >= 0.6 is 0 Å². The molecule has 1 unspecified atom stereocenters. The molecule has 104 valence electrons. The molecule has 0 radical (unpaired) electrons. The maximum absolute atomic E-state index is 6.03. The first-order valence-electron chi connectivity index (χ1n) is 7.37. The van der Waals surface area contributed by atoms with Crippen molar-refractivity contribution in [2.24, 2.45) is 0 Å². The number of ether oxygens (including phenoxy) is 2. The van der Waals surface area contributed by atoms with Crippen molar-refractivity contribution in [3.63, 3.8) is 0 Å². The maximum Gasteiger partial charge on any atom is 0.0836 e. The van der Waals surface area contributed by atoms with Crippen LogP contribution in [0.4, 0.5) is 0 Å². The molecular weight excluding hydrogens is 238 g/mol. The first kappa shape index (κ1) is 13.1. The van der Waals surface area contributed by atoms with E-state index in [1.54, 1.807) is 0 Å². The lowest BCUT2D eigenvalue weighted by Gasteiger charge is -2.32. The van der Waals surface area contributed by atoms with Crippen LogP contribution in [0.2, 0.25) is 0 Å². The van der Waals surface area contributed by atoms with Crippen LogP contribution < -0.4 is 5.32 Å². The molecule has 0 amide bonds. The maximum atomic E-state index is 6.03. The monoisotopic (exact) mass is 261 g/mol. The minimum Gasteiger partial charge on any atom is -0.375 e. The number of piperidine rings is 1. The van der Waals surface area contributed by atoms with Gasteiger partial charge in [-0.25, -0.2) is 0 Å². The van der Waals surface area contributed by atoms with E-state index in [0.717, 1.165) is 52.0 Å². The standard InChI is InChI=1S/C16H23NO2/c1-2-4-14(5-3-1)6-11-18-15-12-16(19-13-15)7-9-17-10-8-16/h1-5,15,17H,6-13H2. The van der Waals surface area contributed by atoms with Gasteiger partial charge in [0.2, 0.25) is 0 Å². The Morgan fingerprint density at radius 3 is 2.79 bits per heavy atom. The summed E-state index contributed by atoms with van der Waals surface area (Å²) in [5, 5.41) is 3.39. The van der Waals surface area contributed by atoms with Gasteiger partial charge in [-0.3, -0.25) is 0 Å². The number of nitrogens with one attached hydrogen (secondary N) is 1. The van der Waals surface area contributed by atoms with E-state index < -0.39 is 0 Å². The Morgan fingerprint density at radius 2 is 2.00 bits per heavy atom. The smallest absolute Gasteiger partial charge is 0.0836 e. The van der Waals surface area contributed by atoms with Gasteiger partial charge < -0.3 is 14.8 Å². The SMILES string of the molecule is c1ccc(CCOC2COC3(CCNCC3)C2)cc1. The molecule has 2 heterocycles. The number of benzene rings is 1. The second-order valence-corrected chi connectivity index (χ2v) is 5.68. The fraction of sp³-hybridized carbons (Fsp3) is 0.625. The average Bonchev–Trinajstić information content (AvgIpc) is 2.84. The van der Waals surface area contributed by atoms with Crippen molar-refractivity contribution >= 4 is 0 Å². The van der Waals surface area contributed by atoms with Crippen LogP contribution in [0, 0.1) is 0 Å². The zero-order valence-electron chi connectivity index (χ0n) is 11.4. The second kappa shape index (κ2) is 6.04. The number of rotatable bonds is 4. The third-order valence-corrected chi connectivity index (χ3v) is 4.28. The summed E-state index contributed by atoms with van der Waals surface area (Å²) in [5.41, 5.74) is 1.46. The molecule has 2 aliphatic heterocycles. The van der Waals surface area contributed by atoms with E-state index in [1.165, 1.54) is 5.56 Å². The van der Waals surface area contributed by atoms with Crippen molar-refractivity contribution in [1.29, 1.82) is 0 Å². The van der Waals surface area contributed by atoms with Crippen molar-refractivity contribution in [3.05, 3.63) is 35.9 Å². The molecule has 1 atom stereocenters. The van der Waals surface area contributed by atoms with Crippen molar-refractivity contribution in [1.82, 2.24) is 5.32 Å². The molecule has 3 heteroatoms. The molecule has 0 bridgehead atoms. The van der Waals surface area contributed by atoms with Gasteiger partial charge in [-0.05, 0) is 37.9 Å². The van der Waals surface area contributed by atoms with E-state index in [4.69, 9.17) is 9.47 Å². The summed E-state index contributed by atoms with van der Waals surface area (Å²) >= 11 is 0. The predicted octanol–water partition coefficient (Wildman–Crippen LogP) is 2.16. The molecular formula is C16H23NO2. The zero-order chi connectivity index (χ0) is 13.0. The minimum atomic E-state index is 0.114. The zero-order valence-corrected chi connectivity index (χ0v) is 11.4. The number of hydrogen-bond donors (Lipinski definition) is 1. The van der Waals surface area contributed by atoms with Gasteiger partial charge in [-0.2, -0.15) is 0 Å². The minimum absolute atomic E-state index is 0.114. The lowest BCUT2D eigenvalue weighted by atomic mass is 9.89. The highest BCUT2D eigenvalue weighted by Crippen LogP contribution is 2.35. The molecule has 3 rings (SSSR count). The highest BCUT2D eigenvalue weighted by Gasteiger charge is 2.41. The lowest BCUT2D eigenvalue weighted by molar-refractivity contribution is -0.0232. The first-order valence-corrected chi connectivity index (χ1v) is 7.37. The summed E-state index contributed by atoms with van der Waals surface area (Å²) in [6, 6.07) is 10.5. The molecule has 0 aliphatic carbocycles. The molecule has 1 aromatic rings. The predicted molar refractivity (Wildman–Crippen MR) is 75.3 cm³/mol. The molecule has 2 aliphatic rings. The van der Waals surface area contributed by atoms with E-state index in [-0.39, 0.29) is 5.60 Å². The third kappa shape index (κ3) is 3.35. The Bertz CT molecular complexity index is 387.